The largest absolute Gasteiger partial charge is 0.389 e. The van der Waals surface area contributed by atoms with Gasteiger partial charge >= 0.3 is 0 Å². The molecule has 2 aromatic heterocycles. The van der Waals surface area contributed by atoms with Gasteiger partial charge in [-0.2, -0.15) is 0 Å². The van der Waals surface area contributed by atoms with Crippen LogP contribution in [0.3, 0.4) is 0 Å². The van der Waals surface area contributed by atoms with Gasteiger partial charge in [0.25, 0.3) is 0 Å². The smallest absolute Gasteiger partial charge is 0.189 e. The molecule has 0 aliphatic carbocycles. The zero-order chi connectivity index (χ0) is 15.7. The molecule has 3 rings (SSSR count). The van der Waals surface area contributed by atoms with Crippen molar-refractivity contribution >= 4 is 40.1 Å². The summed E-state index contributed by atoms with van der Waals surface area (Å²) in [6.45, 7) is 1.62. The normalized spacial score (nSPS) is 19.5. The minimum Gasteiger partial charge on any atom is -0.389 e. The van der Waals surface area contributed by atoms with Crippen LogP contribution in [0.4, 0.5) is 10.2 Å². The fourth-order valence-corrected chi connectivity index (χ4v) is 2.82. The molecule has 0 aromatic carbocycles. The molecule has 1 fully saturated rings. The Morgan fingerprint density at radius 1 is 1.50 bits per heavy atom. The highest BCUT2D eigenvalue weighted by atomic mass is 35.5. The van der Waals surface area contributed by atoms with Crippen LogP contribution in [0.15, 0.2) is 11.4 Å². The van der Waals surface area contributed by atoms with Crippen molar-refractivity contribution < 1.29 is 14.2 Å². The third-order valence-electron chi connectivity index (χ3n) is 3.33. The monoisotopic (exact) mass is 344 g/mol. The lowest BCUT2D eigenvalue weighted by atomic mass is 10.2. The topological polar surface area (TPSA) is 71.4 Å². The Hall–Kier alpha value is -1.22. The average molecular weight is 345 g/mol. The lowest BCUT2D eigenvalue weighted by molar-refractivity contribution is 0.0597. The second kappa shape index (κ2) is 6.49. The van der Waals surface area contributed by atoms with E-state index in [-0.39, 0.29) is 17.3 Å². The SMILES string of the molecule is CSc1nc(N2CCOCC(O)C2)c2cnc(Cl)c(F)c2n1. The number of halogens is 2. The number of pyridine rings is 1. The van der Waals surface area contributed by atoms with Crippen LogP contribution in [0.25, 0.3) is 10.9 Å². The van der Waals surface area contributed by atoms with E-state index >= 15 is 0 Å². The van der Waals surface area contributed by atoms with Crippen molar-refractivity contribution in [3.8, 4) is 0 Å². The summed E-state index contributed by atoms with van der Waals surface area (Å²) in [7, 11) is 0. The van der Waals surface area contributed by atoms with Gasteiger partial charge in [0.2, 0.25) is 0 Å². The van der Waals surface area contributed by atoms with E-state index in [4.69, 9.17) is 16.3 Å². The van der Waals surface area contributed by atoms with Gasteiger partial charge in [0.15, 0.2) is 16.1 Å². The quantitative estimate of drug-likeness (QED) is 0.505. The van der Waals surface area contributed by atoms with E-state index in [9.17, 15) is 9.50 Å². The van der Waals surface area contributed by atoms with E-state index in [2.05, 4.69) is 15.0 Å². The minimum absolute atomic E-state index is 0.133. The first kappa shape index (κ1) is 15.7. The molecule has 118 valence electrons. The van der Waals surface area contributed by atoms with Crippen LogP contribution in [-0.4, -0.2) is 58.7 Å². The van der Waals surface area contributed by atoms with Crippen molar-refractivity contribution in [1.82, 2.24) is 15.0 Å². The van der Waals surface area contributed by atoms with Crippen molar-refractivity contribution in [2.45, 2.75) is 11.3 Å². The summed E-state index contributed by atoms with van der Waals surface area (Å²) in [4.78, 5) is 14.3. The van der Waals surface area contributed by atoms with Crippen LogP contribution >= 0.6 is 23.4 Å². The molecule has 1 unspecified atom stereocenters. The molecule has 0 spiro atoms. The van der Waals surface area contributed by atoms with Crippen LogP contribution in [0, 0.1) is 5.82 Å². The molecule has 1 saturated heterocycles. The summed E-state index contributed by atoms with van der Waals surface area (Å²) in [5, 5.41) is 10.6. The van der Waals surface area contributed by atoms with Crippen molar-refractivity contribution in [2.24, 2.45) is 0 Å². The van der Waals surface area contributed by atoms with E-state index in [0.717, 1.165) is 0 Å². The van der Waals surface area contributed by atoms with Crippen LogP contribution < -0.4 is 4.90 Å². The van der Waals surface area contributed by atoms with Crippen molar-refractivity contribution in [3.63, 3.8) is 0 Å². The molecular formula is C13H14ClFN4O2S. The molecule has 6 nitrogen and oxygen atoms in total. The summed E-state index contributed by atoms with van der Waals surface area (Å²) >= 11 is 7.05. The number of anilines is 1. The van der Waals surface area contributed by atoms with Crippen molar-refractivity contribution in [3.05, 3.63) is 17.2 Å². The number of aliphatic hydroxyl groups excluding tert-OH is 1. The molecular weight excluding hydrogens is 331 g/mol. The van der Waals surface area contributed by atoms with Gasteiger partial charge in [-0.1, -0.05) is 23.4 Å². The fraction of sp³-hybridized carbons (Fsp3) is 0.462. The molecule has 0 amide bonds. The summed E-state index contributed by atoms with van der Waals surface area (Å²) in [6.07, 6.45) is 2.64. The third-order valence-corrected chi connectivity index (χ3v) is 4.14. The Labute approximate surface area is 135 Å². The van der Waals surface area contributed by atoms with Crippen LogP contribution in [-0.2, 0) is 4.74 Å². The van der Waals surface area contributed by atoms with Gasteiger partial charge < -0.3 is 14.7 Å². The number of ether oxygens (including phenoxy) is 1. The lowest BCUT2D eigenvalue weighted by Crippen LogP contribution is -2.33. The highest BCUT2D eigenvalue weighted by Gasteiger charge is 2.22. The highest BCUT2D eigenvalue weighted by Crippen LogP contribution is 2.30. The van der Waals surface area contributed by atoms with E-state index in [0.29, 0.717) is 36.1 Å². The zero-order valence-electron chi connectivity index (χ0n) is 11.8. The summed E-state index contributed by atoms with van der Waals surface area (Å²) in [5.41, 5.74) is 0.133. The second-order valence-corrected chi connectivity index (χ2v) is 5.97. The first-order valence-electron chi connectivity index (χ1n) is 6.66. The Bertz CT molecular complexity index is 705. The minimum atomic E-state index is -0.662. The maximum absolute atomic E-state index is 14.2. The molecule has 1 atom stereocenters. The Morgan fingerprint density at radius 3 is 3.09 bits per heavy atom. The number of hydrogen-bond donors (Lipinski definition) is 1. The van der Waals surface area contributed by atoms with Crippen LogP contribution in [0.1, 0.15) is 0 Å². The van der Waals surface area contributed by atoms with Crippen LogP contribution in [0.5, 0.6) is 0 Å². The standard InChI is InChI=1S/C13H14ClFN4O2S/c1-22-13-17-10-8(4-16-11(14)9(10)15)12(18-13)19-2-3-21-6-7(20)5-19/h4,7,20H,2-3,5-6H2,1H3. The molecule has 1 aliphatic rings. The molecule has 1 aliphatic heterocycles. The number of hydrogen-bond acceptors (Lipinski definition) is 7. The molecule has 0 radical (unpaired) electrons. The summed E-state index contributed by atoms with van der Waals surface area (Å²) in [5.74, 6) is -0.133. The molecule has 0 bridgehead atoms. The van der Waals surface area contributed by atoms with Crippen LogP contribution in [0.2, 0.25) is 5.15 Å². The summed E-state index contributed by atoms with van der Waals surface area (Å²) in [6, 6.07) is 0. The first-order valence-corrected chi connectivity index (χ1v) is 8.27. The predicted octanol–water partition coefficient (Wildman–Crippen LogP) is 1.74. The van der Waals surface area contributed by atoms with Gasteiger partial charge in [-0.25, -0.2) is 19.3 Å². The lowest BCUT2D eigenvalue weighted by Gasteiger charge is -2.24. The number of fused-ring (bicyclic) bond motifs is 1. The van der Waals surface area contributed by atoms with Gasteiger partial charge in [-0.3, -0.25) is 0 Å². The Kier molecular flexibility index (Phi) is 4.62. The Morgan fingerprint density at radius 2 is 2.32 bits per heavy atom. The van der Waals surface area contributed by atoms with E-state index < -0.39 is 11.9 Å². The average Bonchev–Trinajstić information content (AvgIpc) is 2.74. The number of aromatic nitrogens is 3. The highest BCUT2D eigenvalue weighted by molar-refractivity contribution is 7.98. The molecule has 1 N–H and O–H groups in total. The molecule has 22 heavy (non-hydrogen) atoms. The van der Waals surface area contributed by atoms with E-state index in [1.54, 1.807) is 0 Å². The number of β-amino-alcohol motifs (C(OH)–C–C–N with tert-alkyl or cyclic N) is 1. The van der Waals surface area contributed by atoms with E-state index in [1.165, 1.54) is 18.0 Å². The molecule has 2 aromatic rings. The maximum atomic E-state index is 14.2. The third kappa shape index (κ3) is 2.96. The molecule has 0 saturated carbocycles. The van der Waals surface area contributed by atoms with Gasteiger partial charge in [-0.15, -0.1) is 0 Å². The second-order valence-electron chi connectivity index (χ2n) is 4.83. The molecule has 3 heterocycles. The zero-order valence-corrected chi connectivity index (χ0v) is 13.4. The number of rotatable bonds is 2. The predicted molar refractivity (Wildman–Crippen MR) is 83.1 cm³/mol. The number of aliphatic hydroxyl groups is 1. The first-order chi connectivity index (χ1) is 10.6. The van der Waals surface area contributed by atoms with Gasteiger partial charge in [0.1, 0.15) is 11.3 Å². The molecule has 9 heteroatoms. The number of nitrogens with zero attached hydrogens (tertiary/aromatic N) is 4. The Balaban J connectivity index is 2.16. The van der Waals surface area contributed by atoms with Crippen molar-refractivity contribution in [1.29, 1.82) is 0 Å². The van der Waals surface area contributed by atoms with E-state index in [1.807, 2.05) is 11.2 Å². The fourth-order valence-electron chi connectivity index (χ4n) is 2.32. The van der Waals surface area contributed by atoms with Gasteiger partial charge in [0.05, 0.1) is 24.7 Å². The maximum Gasteiger partial charge on any atom is 0.189 e. The van der Waals surface area contributed by atoms with Crippen molar-refractivity contribution in [2.75, 3.05) is 37.5 Å². The van der Waals surface area contributed by atoms with Gasteiger partial charge in [-0.05, 0) is 6.26 Å². The van der Waals surface area contributed by atoms with Gasteiger partial charge in [0, 0.05) is 19.3 Å². The number of thioether (sulfide) groups is 1. The summed E-state index contributed by atoms with van der Waals surface area (Å²) < 4.78 is 19.6.